The molecule has 4 rings (SSSR count). The van der Waals surface area contributed by atoms with Crippen molar-refractivity contribution < 1.29 is 9.47 Å². The standard InChI is InChI=1S/C23H21ClN4O2/c1-29-22-14-19(23-25-27-28-26-23)10-8-17(22)7-9-18-13-20(24)11-12-21(18)30-15-16-5-3-2-4-6-16/h2-6,8,10-14H,7,9,15H2,1H3,(H,25,26,27,28). The maximum absolute atomic E-state index is 6.25. The number of methoxy groups -OCH3 is 1. The summed E-state index contributed by atoms with van der Waals surface area (Å²) in [6.45, 7) is 0.513. The van der Waals surface area contributed by atoms with E-state index in [4.69, 9.17) is 21.1 Å². The van der Waals surface area contributed by atoms with Crippen LogP contribution in [0.2, 0.25) is 5.02 Å². The molecule has 0 aliphatic carbocycles. The maximum atomic E-state index is 6.25. The van der Waals surface area contributed by atoms with Gasteiger partial charge in [0.05, 0.1) is 7.11 Å². The first-order valence-electron chi connectivity index (χ1n) is 9.59. The zero-order valence-corrected chi connectivity index (χ0v) is 17.3. The smallest absolute Gasteiger partial charge is 0.179 e. The van der Waals surface area contributed by atoms with E-state index in [1.165, 1.54) is 0 Å². The molecule has 0 atom stereocenters. The molecule has 0 radical (unpaired) electrons. The first-order chi connectivity index (χ1) is 14.7. The predicted molar refractivity (Wildman–Crippen MR) is 116 cm³/mol. The first kappa shape index (κ1) is 19.9. The van der Waals surface area contributed by atoms with Gasteiger partial charge in [0, 0.05) is 10.6 Å². The summed E-state index contributed by atoms with van der Waals surface area (Å²) in [6, 6.07) is 21.8. The number of aromatic nitrogens is 4. The average molecular weight is 421 g/mol. The lowest BCUT2D eigenvalue weighted by Gasteiger charge is -2.14. The summed E-state index contributed by atoms with van der Waals surface area (Å²) in [5.41, 5.74) is 4.14. The predicted octanol–water partition coefficient (Wildman–Crippen LogP) is 4.89. The van der Waals surface area contributed by atoms with Gasteiger partial charge in [-0.05, 0) is 64.2 Å². The van der Waals surface area contributed by atoms with Crippen LogP contribution in [-0.4, -0.2) is 27.7 Å². The molecule has 4 aromatic rings. The van der Waals surface area contributed by atoms with Crippen LogP contribution in [0.5, 0.6) is 11.5 Å². The Morgan fingerprint density at radius 2 is 1.73 bits per heavy atom. The van der Waals surface area contributed by atoms with Gasteiger partial charge in [0.1, 0.15) is 18.1 Å². The summed E-state index contributed by atoms with van der Waals surface area (Å²) in [5, 5.41) is 14.6. The fraction of sp³-hybridized carbons (Fsp3) is 0.174. The number of aromatic amines is 1. The molecule has 0 unspecified atom stereocenters. The van der Waals surface area contributed by atoms with Crippen molar-refractivity contribution in [2.24, 2.45) is 0 Å². The van der Waals surface area contributed by atoms with Crippen LogP contribution in [0.4, 0.5) is 0 Å². The highest BCUT2D eigenvalue weighted by Crippen LogP contribution is 2.29. The maximum Gasteiger partial charge on any atom is 0.179 e. The quantitative estimate of drug-likeness (QED) is 0.439. The third kappa shape index (κ3) is 4.78. The zero-order chi connectivity index (χ0) is 20.8. The molecule has 0 spiro atoms. The fourth-order valence-corrected chi connectivity index (χ4v) is 3.46. The third-order valence-corrected chi connectivity index (χ3v) is 5.06. The zero-order valence-electron chi connectivity index (χ0n) is 16.5. The Morgan fingerprint density at radius 1 is 0.900 bits per heavy atom. The second-order valence-electron chi connectivity index (χ2n) is 6.80. The number of aryl methyl sites for hydroxylation is 2. The van der Waals surface area contributed by atoms with Crippen LogP contribution in [0.1, 0.15) is 16.7 Å². The monoisotopic (exact) mass is 420 g/mol. The summed E-state index contributed by atoms with van der Waals surface area (Å²) in [7, 11) is 1.66. The molecule has 3 aromatic carbocycles. The number of tetrazole rings is 1. The van der Waals surface area contributed by atoms with E-state index >= 15 is 0 Å². The molecule has 152 valence electrons. The van der Waals surface area contributed by atoms with Gasteiger partial charge in [0.25, 0.3) is 0 Å². The SMILES string of the molecule is COc1cc(-c2nnn[nH]2)ccc1CCc1cc(Cl)ccc1OCc1ccccc1. The van der Waals surface area contributed by atoms with E-state index in [2.05, 4.69) is 20.6 Å². The summed E-state index contributed by atoms with van der Waals surface area (Å²) in [4.78, 5) is 0. The number of hydrogen-bond acceptors (Lipinski definition) is 5. The van der Waals surface area contributed by atoms with Crippen molar-refractivity contribution in [1.82, 2.24) is 20.6 Å². The van der Waals surface area contributed by atoms with Crippen molar-refractivity contribution in [2.75, 3.05) is 7.11 Å². The largest absolute Gasteiger partial charge is 0.496 e. The highest BCUT2D eigenvalue weighted by atomic mass is 35.5. The van der Waals surface area contributed by atoms with Crippen LogP contribution in [0.15, 0.2) is 66.7 Å². The average Bonchev–Trinajstić information content (AvgIpc) is 3.32. The minimum absolute atomic E-state index is 0.513. The number of benzene rings is 3. The Bertz CT molecular complexity index is 1100. The molecule has 0 fully saturated rings. The van der Waals surface area contributed by atoms with Crippen LogP contribution in [0, 0.1) is 0 Å². The molecule has 1 heterocycles. The lowest BCUT2D eigenvalue weighted by Crippen LogP contribution is -2.01. The minimum atomic E-state index is 0.513. The number of halogens is 1. The van der Waals surface area contributed by atoms with Crippen molar-refractivity contribution in [1.29, 1.82) is 0 Å². The molecule has 6 nitrogen and oxygen atoms in total. The molecular formula is C23H21ClN4O2. The van der Waals surface area contributed by atoms with Crippen molar-refractivity contribution in [2.45, 2.75) is 19.4 Å². The van der Waals surface area contributed by atoms with E-state index in [0.717, 1.165) is 46.6 Å². The molecule has 7 heteroatoms. The summed E-state index contributed by atoms with van der Waals surface area (Å²) in [5.74, 6) is 2.23. The molecule has 30 heavy (non-hydrogen) atoms. The Balaban J connectivity index is 1.50. The number of rotatable bonds is 8. The van der Waals surface area contributed by atoms with E-state index < -0.39 is 0 Å². The van der Waals surface area contributed by atoms with Crippen LogP contribution in [-0.2, 0) is 19.4 Å². The highest BCUT2D eigenvalue weighted by molar-refractivity contribution is 6.30. The van der Waals surface area contributed by atoms with Gasteiger partial charge < -0.3 is 9.47 Å². The van der Waals surface area contributed by atoms with Gasteiger partial charge in [0.15, 0.2) is 5.82 Å². The van der Waals surface area contributed by atoms with Crippen LogP contribution in [0.3, 0.4) is 0 Å². The van der Waals surface area contributed by atoms with Gasteiger partial charge >= 0.3 is 0 Å². The van der Waals surface area contributed by atoms with E-state index in [9.17, 15) is 0 Å². The Hall–Kier alpha value is -3.38. The summed E-state index contributed by atoms with van der Waals surface area (Å²) in [6.07, 6.45) is 1.55. The summed E-state index contributed by atoms with van der Waals surface area (Å²) < 4.78 is 11.7. The van der Waals surface area contributed by atoms with E-state index in [1.807, 2.05) is 66.7 Å². The molecule has 0 saturated carbocycles. The third-order valence-electron chi connectivity index (χ3n) is 4.83. The van der Waals surface area contributed by atoms with E-state index in [1.54, 1.807) is 7.11 Å². The minimum Gasteiger partial charge on any atom is -0.496 e. The van der Waals surface area contributed by atoms with Crippen LogP contribution >= 0.6 is 11.6 Å². The molecule has 0 bridgehead atoms. The van der Waals surface area contributed by atoms with E-state index in [-0.39, 0.29) is 0 Å². The lowest BCUT2D eigenvalue weighted by atomic mass is 10.0. The fourth-order valence-electron chi connectivity index (χ4n) is 3.27. The van der Waals surface area contributed by atoms with Gasteiger partial charge in [-0.15, -0.1) is 5.10 Å². The van der Waals surface area contributed by atoms with Gasteiger partial charge in [-0.1, -0.05) is 54.1 Å². The Labute approximate surface area is 179 Å². The van der Waals surface area contributed by atoms with Crippen molar-refractivity contribution in [3.63, 3.8) is 0 Å². The second-order valence-corrected chi connectivity index (χ2v) is 7.24. The van der Waals surface area contributed by atoms with Gasteiger partial charge in [0.2, 0.25) is 0 Å². The molecule has 0 saturated heterocycles. The number of ether oxygens (including phenoxy) is 2. The highest BCUT2D eigenvalue weighted by Gasteiger charge is 2.11. The molecule has 0 aliphatic heterocycles. The summed E-state index contributed by atoms with van der Waals surface area (Å²) >= 11 is 6.25. The number of hydrogen-bond donors (Lipinski definition) is 1. The first-order valence-corrected chi connectivity index (χ1v) is 9.97. The van der Waals surface area contributed by atoms with Crippen molar-refractivity contribution in [3.8, 4) is 22.9 Å². The molecule has 1 aromatic heterocycles. The van der Waals surface area contributed by atoms with Gasteiger partial charge in [-0.25, -0.2) is 5.10 Å². The van der Waals surface area contributed by atoms with Gasteiger partial charge in [-0.2, -0.15) is 0 Å². The van der Waals surface area contributed by atoms with Gasteiger partial charge in [-0.3, -0.25) is 0 Å². The van der Waals surface area contributed by atoms with E-state index in [0.29, 0.717) is 17.5 Å². The molecular weight excluding hydrogens is 400 g/mol. The van der Waals surface area contributed by atoms with Crippen molar-refractivity contribution in [3.05, 3.63) is 88.4 Å². The Kier molecular flexibility index (Phi) is 6.25. The number of nitrogens with zero attached hydrogens (tertiary/aromatic N) is 3. The van der Waals surface area contributed by atoms with Crippen LogP contribution in [0.25, 0.3) is 11.4 Å². The Morgan fingerprint density at radius 3 is 2.50 bits per heavy atom. The van der Waals surface area contributed by atoms with Crippen LogP contribution < -0.4 is 9.47 Å². The number of nitrogens with one attached hydrogen (secondary N) is 1. The topological polar surface area (TPSA) is 72.9 Å². The number of H-pyrrole nitrogens is 1. The lowest BCUT2D eigenvalue weighted by molar-refractivity contribution is 0.303. The second kappa shape index (κ2) is 9.41. The normalized spacial score (nSPS) is 10.7. The van der Waals surface area contributed by atoms with Crippen molar-refractivity contribution >= 4 is 11.6 Å². The molecule has 1 N–H and O–H groups in total. The molecule has 0 aliphatic rings. The molecule has 0 amide bonds.